The highest BCUT2D eigenvalue weighted by molar-refractivity contribution is 6.26. The van der Waals surface area contributed by atoms with Crippen LogP contribution in [0.4, 0.5) is 4.39 Å². The molecule has 0 saturated heterocycles. The van der Waals surface area contributed by atoms with Crippen molar-refractivity contribution in [3.63, 3.8) is 0 Å². The predicted octanol–water partition coefficient (Wildman–Crippen LogP) is 2.48. The van der Waals surface area contributed by atoms with Crippen molar-refractivity contribution in [2.45, 2.75) is 36.4 Å². The lowest BCUT2D eigenvalue weighted by Crippen LogP contribution is -2.22. The molecule has 3 heteroatoms. The van der Waals surface area contributed by atoms with Gasteiger partial charge in [-0.15, -0.1) is 0 Å². The molecule has 3 atom stereocenters. The van der Waals surface area contributed by atoms with Crippen LogP contribution in [0.2, 0.25) is 0 Å². The monoisotopic (exact) mass is 178 g/mol. The number of fused-ring (bicyclic) bond motifs is 1. The number of halogens is 2. The van der Waals surface area contributed by atoms with E-state index in [-0.39, 0.29) is 5.92 Å². The largest absolute Gasteiger partial charge is 0.373 e. The van der Waals surface area contributed by atoms with E-state index in [1.54, 1.807) is 7.11 Å². The molecule has 0 radical (unpaired) electrons. The molecule has 0 aliphatic heterocycles. The zero-order valence-corrected chi connectivity index (χ0v) is 7.33. The second-order valence-corrected chi connectivity index (χ2v) is 4.07. The Morgan fingerprint density at radius 2 is 2.27 bits per heavy atom. The SMILES string of the molecule is CO[C@]12CCCC[C@H]1[C@@]2(F)Cl. The van der Waals surface area contributed by atoms with E-state index in [2.05, 4.69) is 0 Å². The first kappa shape index (κ1) is 7.81. The van der Waals surface area contributed by atoms with Gasteiger partial charge in [0, 0.05) is 13.0 Å². The van der Waals surface area contributed by atoms with Crippen molar-refractivity contribution in [3.05, 3.63) is 0 Å². The molecule has 0 aromatic carbocycles. The molecule has 11 heavy (non-hydrogen) atoms. The third-order valence-corrected chi connectivity index (χ3v) is 3.72. The standard InChI is InChI=1S/C8H12ClFO/c1-11-7-5-3-2-4-6(7)8(7,9)10/h6H,2-5H2,1H3/t6-,7-,8+/m1/s1. The number of ether oxygens (including phenoxy) is 1. The highest BCUT2D eigenvalue weighted by Crippen LogP contribution is 2.68. The molecule has 2 saturated carbocycles. The summed E-state index contributed by atoms with van der Waals surface area (Å²) >= 11 is 5.68. The first-order valence-corrected chi connectivity index (χ1v) is 4.46. The predicted molar refractivity (Wildman–Crippen MR) is 41.4 cm³/mol. The fraction of sp³-hybridized carbons (Fsp3) is 1.00. The first-order valence-electron chi connectivity index (χ1n) is 4.08. The number of hydrogen-bond donors (Lipinski definition) is 0. The van der Waals surface area contributed by atoms with Crippen LogP contribution < -0.4 is 0 Å². The molecule has 0 N–H and O–H groups in total. The summed E-state index contributed by atoms with van der Waals surface area (Å²) in [5.41, 5.74) is -0.618. The van der Waals surface area contributed by atoms with Crippen LogP contribution in [0.15, 0.2) is 0 Å². The van der Waals surface area contributed by atoms with Crippen LogP contribution >= 0.6 is 11.6 Å². The third-order valence-electron chi connectivity index (χ3n) is 3.14. The van der Waals surface area contributed by atoms with Gasteiger partial charge in [-0.1, -0.05) is 24.4 Å². The normalized spacial score (nSPS) is 55.4. The van der Waals surface area contributed by atoms with E-state index in [0.29, 0.717) is 0 Å². The van der Waals surface area contributed by atoms with Crippen LogP contribution in [0, 0.1) is 5.92 Å². The van der Waals surface area contributed by atoms with E-state index in [1.807, 2.05) is 0 Å². The maximum absolute atomic E-state index is 13.5. The molecule has 64 valence electrons. The summed E-state index contributed by atoms with van der Waals surface area (Å²) in [6.45, 7) is 0. The van der Waals surface area contributed by atoms with Gasteiger partial charge in [-0.25, -0.2) is 4.39 Å². The molecule has 0 spiro atoms. The fourth-order valence-corrected chi connectivity index (χ4v) is 2.91. The van der Waals surface area contributed by atoms with E-state index >= 15 is 0 Å². The Labute approximate surface area is 70.9 Å². The molecule has 2 rings (SSSR count). The highest BCUT2D eigenvalue weighted by atomic mass is 35.5. The van der Waals surface area contributed by atoms with Crippen molar-refractivity contribution >= 4 is 11.6 Å². The van der Waals surface area contributed by atoms with Crippen molar-refractivity contribution in [1.29, 1.82) is 0 Å². The van der Waals surface area contributed by atoms with Gasteiger partial charge >= 0.3 is 0 Å². The van der Waals surface area contributed by atoms with Crippen LogP contribution in [0.3, 0.4) is 0 Å². The molecule has 0 aromatic rings. The molecule has 0 bridgehead atoms. The molecule has 0 aromatic heterocycles. The van der Waals surface area contributed by atoms with Gasteiger partial charge in [0.15, 0.2) is 0 Å². The lowest BCUT2D eigenvalue weighted by molar-refractivity contribution is 0.0244. The number of alkyl halides is 2. The van der Waals surface area contributed by atoms with Crippen LogP contribution in [0.25, 0.3) is 0 Å². The third kappa shape index (κ3) is 0.748. The summed E-state index contributed by atoms with van der Waals surface area (Å²) in [5, 5.41) is -1.56. The van der Waals surface area contributed by atoms with Gasteiger partial charge in [0.2, 0.25) is 5.13 Å². The smallest absolute Gasteiger partial charge is 0.218 e. The molecule has 0 heterocycles. The molecule has 0 amide bonds. The van der Waals surface area contributed by atoms with Crippen LogP contribution in [0.1, 0.15) is 25.7 Å². The maximum Gasteiger partial charge on any atom is 0.218 e. The van der Waals surface area contributed by atoms with E-state index in [4.69, 9.17) is 16.3 Å². The van der Waals surface area contributed by atoms with Gasteiger partial charge < -0.3 is 4.74 Å². The average molecular weight is 179 g/mol. The Kier molecular flexibility index (Phi) is 1.50. The topological polar surface area (TPSA) is 9.23 Å². The second-order valence-electron chi connectivity index (χ2n) is 3.51. The molecule has 2 aliphatic carbocycles. The minimum atomic E-state index is -1.56. The molecular formula is C8H12ClFO. The molecule has 1 nitrogen and oxygen atoms in total. The Hall–Kier alpha value is 0.180. The van der Waals surface area contributed by atoms with E-state index < -0.39 is 10.7 Å². The Balaban J connectivity index is 2.20. The summed E-state index contributed by atoms with van der Waals surface area (Å²) in [6, 6.07) is 0. The summed E-state index contributed by atoms with van der Waals surface area (Å²) in [4.78, 5) is 0. The lowest BCUT2D eigenvalue weighted by Gasteiger charge is -2.18. The van der Waals surface area contributed by atoms with Crippen molar-refractivity contribution < 1.29 is 9.13 Å². The number of rotatable bonds is 1. The van der Waals surface area contributed by atoms with Gasteiger partial charge in [-0.2, -0.15) is 0 Å². The molecule has 2 aliphatic rings. The van der Waals surface area contributed by atoms with Gasteiger partial charge in [0.1, 0.15) is 5.60 Å². The summed E-state index contributed by atoms with van der Waals surface area (Å²) in [5.74, 6) is -0.0459. The Bertz CT molecular complexity index is 183. The number of hydrogen-bond acceptors (Lipinski definition) is 1. The number of methoxy groups -OCH3 is 1. The molecule has 2 fully saturated rings. The minimum absolute atomic E-state index is 0.0459. The fourth-order valence-electron chi connectivity index (χ4n) is 2.38. The lowest BCUT2D eigenvalue weighted by atomic mass is 9.98. The average Bonchev–Trinajstić information content (AvgIpc) is 2.52. The second kappa shape index (κ2) is 2.11. The highest BCUT2D eigenvalue weighted by Gasteiger charge is 2.79. The summed E-state index contributed by atoms with van der Waals surface area (Å²) < 4.78 is 18.6. The van der Waals surface area contributed by atoms with E-state index in [0.717, 1.165) is 25.7 Å². The summed E-state index contributed by atoms with van der Waals surface area (Å²) in [6.07, 6.45) is 3.80. The van der Waals surface area contributed by atoms with Crippen molar-refractivity contribution in [2.24, 2.45) is 5.92 Å². The maximum atomic E-state index is 13.5. The quantitative estimate of drug-likeness (QED) is 0.561. The minimum Gasteiger partial charge on any atom is -0.373 e. The van der Waals surface area contributed by atoms with E-state index in [9.17, 15) is 4.39 Å². The van der Waals surface area contributed by atoms with Gasteiger partial charge in [0.25, 0.3) is 0 Å². The molecule has 0 unspecified atom stereocenters. The van der Waals surface area contributed by atoms with Crippen LogP contribution in [0.5, 0.6) is 0 Å². The Morgan fingerprint density at radius 1 is 1.55 bits per heavy atom. The van der Waals surface area contributed by atoms with Crippen molar-refractivity contribution in [1.82, 2.24) is 0 Å². The van der Waals surface area contributed by atoms with Gasteiger partial charge in [0.05, 0.1) is 0 Å². The van der Waals surface area contributed by atoms with Gasteiger partial charge in [-0.3, -0.25) is 0 Å². The zero-order valence-electron chi connectivity index (χ0n) is 6.57. The first-order chi connectivity index (χ1) is 5.15. The zero-order chi connectivity index (χ0) is 8.11. The molecular weight excluding hydrogens is 167 g/mol. The van der Waals surface area contributed by atoms with Gasteiger partial charge in [-0.05, 0) is 12.8 Å². The van der Waals surface area contributed by atoms with Crippen LogP contribution in [-0.4, -0.2) is 17.8 Å². The summed E-state index contributed by atoms with van der Waals surface area (Å²) in [7, 11) is 1.56. The van der Waals surface area contributed by atoms with E-state index in [1.165, 1.54) is 0 Å². The van der Waals surface area contributed by atoms with Crippen molar-refractivity contribution in [3.8, 4) is 0 Å². The Morgan fingerprint density at radius 3 is 2.73 bits per heavy atom. The van der Waals surface area contributed by atoms with Crippen molar-refractivity contribution in [2.75, 3.05) is 7.11 Å². The van der Waals surface area contributed by atoms with Crippen LogP contribution in [-0.2, 0) is 4.74 Å².